The average Bonchev–Trinajstić information content (AvgIpc) is 2.71. The van der Waals surface area contributed by atoms with Crippen molar-refractivity contribution >= 4 is 22.9 Å². The maximum absolute atomic E-state index is 11.5. The minimum Gasteiger partial charge on any atom is -0.493 e. The summed E-state index contributed by atoms with van der Waals surface area (Å²) in [7, 11) is 1.39. The fraction of sp³-hybridized carbons (Fsp3) is 0.450. The number of esters is 2. The first-order chi connectivity index (χ1) is 14.7. The number of carbonyl (C=O) groups is 2. The summed E-state index contributed by atoms with van der Waals surface area (Å²) in [5.41, 5.74) is -0.379. The summed E-state index contributed by atoms with van der Waals surface area (Å²) >= 11 is 0. The van der Waals surface area contributed by atoms with Crippen molar-refractivity contribution in [2.24, 2.45) is 0 Å². The molecule has 1 aromatic carbocycles. The topological polar surface area (TPSA) is 151 Å². The van der Waals surface area contributed by atoms with Crippen LogP contribution in [0.3, 0.4) is 0 Å². The molecule has 11 heteroatoms. The monoisotopic (exact) mass is 438 g/mol. The molecule has 2 aromatic rings. The molecular formula is C20H22O11. The Bertz CT molecular complexity index is 1010. The van der Waals surface area contributed by atoms with Crippen molar-refractivity contribution < 1.29 is 47.9 Å². The highest BCUT2D eigenvalue weighted by molar-refractivity contribution is 5.80. The Labute approximate surface area is 176 Å². The van der Waals surface area contributed by atoms with Crippen LogP contribution in [0.25, 0.3) is 11.0 Å². The lowest BCUT2D eigenvalue weighted by Crippen LogP contribution is -2.61. The highest BCUT2D eigenvalue weighted by Gasteiger charge is 2.48. The van der Waals surface area contributed by atoms with Gasteiger partial charge in [0.1, 0.15) is 30.5 Å². The number of rotatable bonds is 6. The molecule has 0 aliphatic carbocycles. The second-order valence-corrected chi connectivity index (χ2v) is 6.81. The Morgan fingerprint density at radius 1 is 1.06 bits per heavy atom. The summed E-state index contributed by atoms with van der Waals surface area (Å²) in [6.45, 7) is 1.92. The zero-order chi connectivity index (χ0) is 22.7. The van der Waals surface area contributed by atoms with Crippen LogP contribution in [0.15, 0.2) is 33.5 Å². The fourth-order valence-electron chi connectivity index (χ4n) is 3.11. The van der Waals surface area contributed by atoms with Crippen LogP contribution in [0.1, 0.15) is 13.8 Å². The summed E-state index contributed by atoms with van der Waals surface area (Å²) in [5, 5.41) is 21.4. The number of benzene rings is 1. The molecule has 0 spiro atoms. The van der Waals surface area contributed by atoms with Crippen molar-refractivity contribution in [3.63, 3.8) is 0 Å². The number of methoxy groups -OCH3 is 1. The Balaban J connectivity index is 1.95. The molecule has 1 aromatic heterocycles. The molecule has 1 fully saturated rings. The van der Waals surface area contributed by atoms with Crippen molar-refractivity contribution in [1.82, 2.24) is 0 Å². The number of ether oxygens (including phenoxy) is 5. The predicted molar refractivity (Wildman–Crippen MR) is 103 cm³/mol. The van der Waals surface area contributed by atoms with Gasteiger partial charge in [-0.2, -0.15) is 0 Å². The van der Waals surface area contributed by atoms with Crippen LogP contribution in [0.5, 0.6) is 11.5 Å². The first kappa shape index (κ1) is 22.5. The van der Waals surface area contributed by atoms with E-state index < -0.39 is 48.3 Å². The molecule has 2 heterocycles. The van der Waals surface area contributed by atoms with Gasteiger partial charge in [0.05, 0.1) is 7.11 Å². The Morgan fingerprint density at radius 2 is 1.81 bits per heavy atom. The second-order valence-electron chi connectivity index (χ2n) is 6.81. The van der Waals surface area contributed by atoms with E-state index in [0.29, 0.717) is 5.39 Å². The molecule has 0 radical (unpaired) electrons. The van der Waals surface area contributed by atoms with Crippen molar-refractivity contribution in [3.8, 4) is 11.5 Å². The third-order valence-corrected chi connectivity index (χ3v) is 4.55. The number of hydrogen-bond acceptors (Lipinski definition) is 11. The summed E-state index contributed by atoms with van der Waals surface area (Å²) in [6.07, 6.45) is -7.12. The van der Waals surface area contributed by atoms with Gasteiger partial charge >= 0.3 is 17.6 Å². The number of carbonyl (C=O) groups excluding carboxylic acids is 2. The van der Waals surface area contributed by atoms with Crippen LogP contribution < -0.4 is 15.1 Å². The van der Waals surface area contributed by atoms with Gasteiger partial charge in [-0.25, -0.2) is 4.79 Å². The number of aliphatic hydroxyl groups excluding tert-OH is 2. The zero-order valence-corrected chi connectivity index (χ0v) is 17.0. The largest absolute Gasteiger partial charge is 0.493 e. The number of fused-ring (bicyclic) bond motifs is 1. The maximum atomic E-state index is 11.5. The van der Waals surface area contributed by atoms with Crippen molar-refractivity contribution in [2.45, 2.75) is 44.6 Å². The van der Waals surface area contributed by atoms with Crippen LogP contribution in [-0.4, -0.2) is 66.6 Å². The molecule has 1 aliphatic heterocycles. The lowest BCUT2D eigenvalue weighted by atomic mass is 9.99. The van der Waals surface area contributed by atoms with Crippen molar-refractivity contribution in [2.75, 3.05) is 13.7 Å². The molecule has 11 nitrogen and oxygen atoms in total. The lowest BCUT2D eigenvalue weighted by Gasteiger charge is -2.41. The van der Waals surface area contributed by atoms with Crippen LogP contribution in [0, 0.1) is 0 Å². The summed E-state index contributed by atoms with van der Waals surface area (Å²) in [5.74, 6) is -1.07. The van der Waals surface area contributed by atoms with Crippen LogP contribution in [0.4, 0.5) is 0 Å². The lowest BCUT2D eigenvalue weighted by molar-refractivity contribution is -0.282. The molecule has 3 rings (SSSR count). The van der Waals surface area contributed by atoms with Gasteiger partial charge in [0.25, 0.3) is 0 Å². The van der Waals surface area contributed by atoms with E-state index in [1.165, 1.54) is 26.2 Å². The summed E-state index contributed by atoms with van der Waals surface area (Å²) in [4.78, 5) is 34.2. The minimum atomic E-state index is -1.60. The first-order valence-electron chi connectivity index (χ1n) is 9.30. The van der Waals surface area contributed by atoms with Gasteiger partial charge < -0.3 is 38.3 Å². The van der Waals surface area contributed by atoms with Gasteiger partial charge in [-0.05, 0) is 12.1 Å². The highest BCUT2D eigenvalue weighted by Crippen LogP contribution is 2.35. The predicted octanol–water partition coefficient (Wildman–Crippen LogP) is 0.122. The molecular weight excluding hydrogens is 416 g/mol. The molecule has 1 aliphatic rings. The van der Waals surface area contributed by atoms with E-state index in [9.17, 15) is 24.6 Å². The number of aliphatic hydroxyl groups is 2. The molecule has 0 bridgehead atoms. The average molecular weight is 438 g/mol. The third-order valence-electron chi connectivity index (χ3n) is 4.55. The molecule has 5 unspecified atom stereocenters. The Kier molecular flexibility index (Phi) is 6.78. The first-order valence-corrected chi connectivity index (χ1v) is 9.30. The van der Waals surface area contributed by atoms with Gasteiger partial charge in [0.15, 0.2) is 17.6 Å². The van der Waals surface area contributed by atoms with Crippen LogP contribution in [0.2, 0.25) is 0 Å². The van der Waals surface area contributed by atoms with Crippen LogP contribution in [-0.2, 0) is 23.8 Å². The van der Waals surface area contributed by atoms with Gasteiger partial charge in [0, 0.05) is 31.4 Å². The van der Waals surface area contributed by atoms with Gasteiger partial charge in [-0.3, -0.25) is 9.59 Å². The van der Waals surface area contributed by atoms with E-state index in [0.717, 1.165) is 6.92 Å². The van der Waals surface area contributed by atoms with Gasteiger partial charge in [-0.15, -0.1) is 0 Å². The summed E-state index contributed by atoms with van der Waals surface area (Å²) < 4.78 is 31.8. The molecule has 0 saturated carbocycles. The molecule has 0 amide bonds. The van der Waals surface area contributed by atoms with E-state index in [4.69, 9.17) is 28.1 Å². The standard InChI is InChI=1S/C20H22O11/c1-9(21)27-8-15-17(24)18(25)19(28-10(2)22)20(31-15)30-14-7-12-11(6-13(14)26-3)4-5-16(23)29-12/h4-7,15,17-20,24-25H,8H2,1-3H3. The smallest absolute Gasteiger partial charge is 0.336 e. The van der Waals surface area contributed by atoms with E-state index in [1.807, 2.05) is 0 Å². The molecule has 168 valence electrons. The summed E-state index contributed by atoms with van der Waals surface area (Å²) in [6, 6.07) is 5.73. The van der Waals surface area contributed by atoms with E-state index in [-0.39, 0.29) is 23.7 Å². The fourth-order valence-corrected chi connectivity index (χ4v) is 3.11. The third kappa shape index (κ3) is 5.13. The van der Waals surface area contributed by atoms with E-state index in [2.05, 4.69) is 0 Å². The molecule has 2 N–H and O–H groups in total. The normalized spacial score (nSPS) is 25.6. The zero-order valence-electron chi connectivity index (χ0n) is 17.0. The van der Waals surface area contributed by atoms with E-state index >= 15 is 0 Å². The van der Waals surface area contributed by atoms with Crippen molar-refractivity contribution in [1.29, 1.82) is 0 Å². The molecule has 31 heavy (non-hydrogen) atoms. The molecule has 5 atom stereocenters. The van der Waals surface area contributed by atoms with Crippen LogP contribution >= 0.6 is 0 Å². The van der Waals surface area contributed by atoms with E-state index in [1.54, 1.807) is 12.1 Å². The molecule has 1 saturated heterocycles. The SMILES string of the molecule is COc1cc2ccc(=O)oc2cc1OC1OC(COC(C)=O)C(O)C(O)C1OC(C)=O. The maximum Gasteiger partial charge on any atom is 0.336 e. The quantitative estimate of drug-likeness (QED) is 0.467. The van der Waals surface area contributed by atoms with Crippen molar-refractivity contribution in [3.05, 3.63) is 34.7 Å². The Morgan fingerprint density at radius 3 is 2.45 bits per heavy atom. The Hall–Kier alpha value is -3.15. The minimum absolute atomic E-state index is 0.0568. The highest BCUT2D eigenvalue weighted by atomic mass is 16.7. The van der Waals surface area contributed by atoms with Gasteiger partial charge in [0.2, 0.25) is 6.29 Å². The second kappa shape index (κ2) is 9.33. The number of hydrogen-bond donors (Lipinski definition) is 2. The van der Waals surface area contributed by atoms with Gasteiger partial charge in [-0.1, -0.05) is 0 Å².